The van der Waals surface area contributed by atoms with E-state index in [1.54, 1.807) is 23.6 Å². The molecule has 0 aromatic carbocycles. The standard InChI is InChI=1S/C13H19N5OS/c1-3-9(13-15-5-6-20-13)16-11-7-10(14)17-12(18-11)8-19-4-2/h5-7,9H,3-4,8H2,1-2H3,(H3,14,16,17,18). The SMILES string of the molecule is CCOCc1nc(N)cc(NC(CC)c2nccs2)n1. The van der Waals surface area contributed by atoms with E-state index in [-0.39, 0.29) is 6.04 Å². The first-order chi connectivity index (χ1) is 9.72. The monoisotopic (exact) mass is 293 g/mol. The number of ether oxygens (including phenoxy) is 1. The lowest BCUT2D eigenvalue weighted by atomic mass is 10.2. The number of nitrogen functional groups attached to an aromatic ring is 1. The summed E-state index contributed by atoms with van der Waals surface area (Å²) in [7, 11) is 0. The topological polar surface area (TPSA) is 86.0 Å². The smallest absolute Gasteiger partial charge is 0.158 e. The molecule has 0 spiro atoms. The Balaban J connectivity index is 2.13. The van der Waals surface area contributed by atoms with Gasteiger partial charge in [-0.15, -0.1) is 11.3 Å². The molecule has 108 valence electrons. The maximum atomic E-state index is 5.81. The van der Waals surface area contributed by atoms with Crippen molar-refractivity contribution in [3.63, 3.8) is 0 Å². The summed E-state index contributed by atoms with van der Waals surface area (Å²) < 4.78 is 5.31. The van der Waals surface area contributed by atoms with Crippen LogP contribution in [0.4, 0.5) is 11.6 Å². The van der Waals surface area contributed by atoms with Crippen LogP contribution in [0.1, 0.15) is 37.1 Å². The lowest BCUT2D eigenvalue weighted by molar-refractivity contribution is 0.128. The minimum Gasteiger partial charge on any atom is -0.384 e. The van der Waals surface area contributed by atoms with Crippen molar-refractivity contribution in [2.75, 3.05) is 17.7 Å². The van der Waals surface area contributed by atoms with Gasteiger partial charge in [-0.3, -0.25) is 0 Å². The lowest BCUT2D eigenvalue weighted by Crippen LogP contribution is -2.13. The predicted molar refractivity (Wildman–Crippen MR) is 80.5 cm³/mol. The summed E-state index contributed by atoms with van der Waals surface area (Å²) in [5.41, 5.74) is 5.81. The molecule has 0 saturated heterocycles. The van der Waals surface area contributed by atoms with Crippen LogP contribution in [-0.4, -0.2) is 21.6 Å². The zero-order chi connectivity index (χ0) is 14.4. The number of hydrogen-bond acceptors (Lipinski definition) is 7. The van der Waals surface area contributed by atoms with Gasteiger partial charge in [-0.2, -0.15) is 0 Å². The van der Waals surface area contributed by atoms with Crippen LogP contribution in [0, 0.1) is 0 Å². The first kappa shape index (κ1) is 14.7. The summed E-state index contributed by atoms with van der Waals surface area (Å²) in [6.45, 7) is 5.02. The number of anilines is 2. The molecule has 0 aliphatic rings. The molecule has 0 saturated carbocycles. The van der Waals surface area contributed by atoms with Crippen molar-refractivity contribution in [2.45, 2.75) is 32.9 Å². The Kier molecular flexibility index (Phi) is 5.25. The molecule has 0 radical (unpaired) electrons. The minimum atomic E-state index is 0.129. The third kappa shape index (κ3) is 3.88. The molecule has 0 bridgehead atoms. The van der Waals surface area contributed by atoms with Gasteiger partial charge >= 0.3 is 0 Å². The fraction of sp³-hybridized carbons (Fsp3) is 0.462. The van der Waals surface area contributed by atoms with Crippen molar-refractivity contribution >= 4 is 23.0 Å². The first-order valence-corrected chi connectivity index (χ1v) is 7.48. The Labute approximate surface area is 122 Å². The summed E-state index contributed by atoms with van der Waals surface area (Å²) in [4.78, 5) is 12.9. The number of rotatable bonds is 7. The third-order valence-corrected chi connectivity index (χ3v) is 3.60. The van der Waals surface area contributed by atoms with Crippen molar-refractivity contribution in [1.29, 1.82) is 0 Å². The summed E-state index contributed by atoms with van der Waals surface area (Å²) in [6, 6.07) is 1.86. The van der Waals surface area contributed by atoms with Gasteiger partial charge < -0.3 is 15.8 Å². The maximum Gasteiger partial charge on any atom is 0.158 e. The van der Waals surface area contributed by atoms with E-state index < -0.39 is 0 Å². The normalized spacial score (nSPS) is 12.3. The first-order valence-electron chi connectivity index (χ1n) is 6.60. The van der Waals surface area contributed by atoms with Crippen LogP contribution in [0.2, 0.25) is 0 Å². The number of nitrogens with zero attached hydrogens (tertiary/aromatic N) is 3. The molecule has 2 rings (SSSR count). The van der Waals surface area contributed by atoms with Crippen LogP contribution >= 0.6 is 11.3 Å². The van der Waals surface area contributed by atoms with Crippen LogP contribution in [0.25, 0.3) is 0 Å². The van der Waals surface area contributed by atoms with E-state index in [1.165, 1.54) is 0 Å². The largest absolute Gasteiger partial charge is 0.384 e. The number of aromatic nitrogens is 3. The van der Waals surface area contributed by atoms with Gasteiger partial charge in [0.2, 0.25) is 0 Å². The molecular weight excluding hydrogens is 274 g/mol. The van der Waals surface area contributed by atoms with Gasteiger partial charge in [-0.1, -0.05) is 6.92 Å². The molecular formula is C13H19N5OS. The molecule has 1 atom stereocenters. The highest BCUT2D eigenvalue weighted by molar-refractivity contribution is 7.09. The highest BCUT2D eigenvalue weighted by Crippen LogP contribution is 2.23. The second-order valence-electron chi connectivity index (χ2n) is 4.21. The molecule has 3 N–H and O–H groups in total. The molecule has 0 fully saturated rings. The van der Waals surface area contributed by atoms with Gasteiger partial charge in [0.15, 0.2) is 5.82 Å². The van der Waals surface area contributed by atoms with Crippen molar-refractivity contribution in [3.8, 4) is 0 Å². The minimum absolute atomic E-state index is 0.129. The van der Waals surface area contributed by atoms with Crippen molar-refractivity contribution < 1.29 is 4.74 Å². The summed E-state index contributed by atoms with van der Waals surface area (Å²) in [5.74, 6) is 1.73. The summed E-state index contributed by atoms with van der Waals surface area (Å²) in [5, 5.41) is 6.35. The van der Waals surface area contributed by atoms with E-state index in [2.05, 4.69) is 27.2 Å². The molecule has 2 heterocycles. The van der Waals surface area contributed by atoms with E-state index in [9.17, 15) is 0 Å². The Bertz CT molecular complexity index is 532. The molecule has 0 aliphatic heterocycles. The maximum absolute atomic E-state index is 5.81. The quantitative estimate of drug-likeness (QED) is 0.816. The summed E-state index contributed by atoms with van der Waals surface area (Å²) >= 11 is 1.62. The van der Waals surface area contributed by atoms with Crippen LogP contribution in [0.3, 0.4) is 0 Å². The molecule has 7 heteroatoms. The Morgan fingerprint density at radius 2 is 2.25 bits per heavy atom. The second kappa shape index (κ2) is 7.16. The van der Waals surface area contributed by atoms with Crippen LogP contribution < -0.4 is 11.1 Å². The number of nitrogens with one attached hydrogen (secondary N) is 1. The molecule has 20 heavy (non-hydrogen) atoms. The van der Waals surface area contributed by atoms with Gasteiger partial charge in [0.25, 0.3) is 0 Å². The van der Waals surface area contributed by atoms with E-state index in [0.29, 0.717) is 30.7 Å². The number of hydrogen-bond donors (Lipinski definition) is 2. The Morgan fingerprint density at radius 1 is 1.40 bits per heavy atom. The van der Waals surface area contributed by atoms with Gasteiger partial charge in [0.1, 0.15) is 23.3 Å². The third-order valence-electron chi connectivity index (χ3n) is 2.71. The van der Waals surface area contributed by atoms with E-state index in [1.807, 2.05) is 12.3 Å². The fourth-order valence-corrected chi connectivity index (χ4v) is 2.55. The number of thiazole rings is 1. The van der Waals surface area contributed by atoms with Gasteiger partial charge in [0.05, 0.1) is 6.04 Å². The molecule has 1 unspecified atom stereocenters. The highest BCUT2D eigenvalue weighted by Gasteiger charge is 2.13. The molecule has 0 amide bonds. The molecule has 6 nitrogen and oxygen atoms in total. The predicted octanol–water partition coefficient (Wildman–Crippen LogP) is 2.62. The van der Waals surface area contributed by atoms with E-state index in [4.69, 9.17) is 10.5 Å². The summed E-state index contributed by atoms with van der Waals surface area (Å²) in [6.07, 6.45) is 2.72. The van der Waals surface area contributed by atoms with Crippen molar-refractivity contribution in [3.05, 3.63) is 28.5 Å². The average Bonchev–Trinajstić information content (AvgIpc) is 2.96. The number of nitrogens with two attached hydrogens (primary N) is 1. The Hall–Kier alpha value is -1.73. The average molecular weight is 293 g/mol. The zero-order valence-electron chi connectivity index (χ0n) is 11.7. The zero-order valence-corrected chi connectivity index (χ0v) is 12.5. The second-order valence-corrected chi connectivity index (χ2v) is 5.13. The van der Waals surface area contributed by atoms with Crippen LogP contribution in [0.5, 0.6) is 0 Å². The fourth-order valence-electron chi connectivity index (χ4n) is 1.77. The van der Waals surface area contributed by atoms with E-state index >= 15 is 0 Å². The van der Waals surface area contributed by atoms with Gasteiger partial charge in [-0.25, -0.2) is 15.0 Å². The van der Waals surface area contributed by atoms with Gasteiger partial charge in [-0.05, 0) is 13.3 Å². The molecule has 2 aromatic heterocycles. The molecule has 2 aromatic rings. The van der Waals surface area contributed by atoms with Crippen molar-refractivity contribution in [1.82, 2.24) is 15.0 Å². The van der Waals surface area contributed by atoms with Crippen LogP contribution in [0.15, 0.2) is 17.6 Å². The van der Waals surface area contributed by atoms with Crippen LogP contribution in [-0.2, 0) is 11.3 Å². The Morgan fingerprint density at radius 3 is 2.90 bits per heavy atom. The van der Waals surface area contributed by atoms with E-state index in [0.717, 1.165) is 11.4 Å². The van der Waals surface area contributed by atoms with Gasteiger partial charge in [0, 0.05) is 24.3 Å². The molecule has 0 aliphatic carbocycles. The van der Waals surface area contributed by atoms with Crippen molar-refractivity contribution in [2.24, 2.45) is 0 Å². The lowest BCUT2D eigenvalue weighted by Gasteiger charge is -2.16. The highest BCUT2D eigenvalue weighted by atomic mass is 32.1.